The van der Waals surface area contributed by atoms with E-state index in [2.05, 4.69) is 0 Å². The molecule has 3 heteroatoms. The van der Waals surface area contributed by atoms with Crippen molar-refractivity contribution in [1.82, 2.24) is 4.57 Å². The third-order valence-electron chi connectivity index (χ3n) is 2.34. The van der Waals surface area contributed by atoms with Crippen molar-refractivity contribution in [2.24, 2.45) is 0 Å². The highest BCUT2D eigenvalue weighted by Crippen LogP contribution is 2.21. The number of fused-ring (bicyclic) bond motifs is 1. The molecule has 1 aromatic heterocycles. The number of hydrogen-bond acceptors (Lipinski definition) is 1. The maximum Gasteiger partial charge on any atom is 0.123 e. The molecule has 0 aliphatic heterocycles. The minimum absolute atomic E-state index is 0.347. The number of nitrogens with zero attached hydrogens (tertiary/aromatic N) is 1. The van der Waals surface area contributed by atoms with Crippen LogP contribution in [0.25, 0.3) is 10.9 Å². The molecule has 0 spiro atoms. The van der Waals surface area contributed by atoms with E-state index < -0.39 is 5.67 Å². The molecule has 0 aliphatic carbocycles. The Morgan fingerprint density at radius 3 is 2.73 bits per heavy atom. The topological polar surface area (TPSA) is 30.9 Å². The SMILES string of the molecule is CC(C)(F)Cn1ccc2ccc(N)cc21. The Morgan fingerprint density at radius 1 is 1.33 bits per heavy atom. The Hall–Kier alpha value is -1.51. The smallest absolute Gasteiger partial charge is 0.123 e. The molecule has 0 amide bonds. The summed E-state index contributed by atoms with van der Waals surface area (Å²) >= 11 is 0. The molecule has 2 N–H and O–H groups in total. The van der Waals surface area contributed by atoms with Crippen LogP contribution in [0.4, 0.5) is 10.1 Å². The average Bonchev–Trinajstić information content (AvgIpc) is 2.46. The van der Waals surface area contributed by atoms with Crippen LogP contribution < -0.4 is 5.73 Å². The van der Waals surface area contributed by atoms with Gasteiger partial charge in [-0.25, -0.2) is 4.39 Å². The Morgan fingerprint density at radius 2 is 2.07 bits per heavy atom. The summed E-state index contributed by atoms with van der Waals surface area (Å²) in [6, 6.07) is 7.65. The molecule has 1 aromatic carbocycles. The number of nitrogens with two attached hydrogens (primary N) is 1. The van der Waals surface area contributed by atoms with Gasteiger partial charge in [0.2, 0.25) is 0 Å². The normalized spacial score (nSPS) is 12.2. The number of halogens is 1. The van der Waals surface area contributed by atoms with Gasteiger partial charge in [-0.2, -0.15) is 0 Å². The van der Waals surface area contributed by atoms with Crippen molar-refractivity contribution in [2.75, 3.05) is 5.73 Å². The van der Waals surface area contributed by atoms with Gasteiger partial charge >= 0.3 is 0 Å². The number of nitrogen functional groups attached to an aromatic ring is 1. The van der Waals surface area contributed by atoms with E-state index in [0.29, 0.717) is 12.2 Å². The van der Waals surface area contributed by atoms with Crippen molar-refractivity contribution in [3.63, 3.8) is 0 Å². The van der Waals surface area contributed by atoms with Crippen molar-refractivity contribution in [1.29, 1.82) is 0 Å². The fraction of sp³-hybridized carbons (Fsp3) is 0.333. The Balaban J connectivity index is 2.48. The van der Waals surface area contributed by atoms with Gasteiger partial charge in [0.1, 0.15) is 5.67 Å². The lowest BCUT2D eigenvalue weighted by Gasteiger charge is -2.15. The average molecular weight is 206 g/mol. The van der Waals surface area contributed by atoms with Gasteiger partial charge in [0, 0.05) is 11.9 Å². The second kappa shape index (κ2) is 3.26. The van der Waals surface area contributed by atoms with Crippen LogP contribution in [-0.4, -0.2) is 10.2 Å². The first-order chi connectivity index (χ1) is 6.96. The lowest BCUT2D eigenvalue weighted by molar-refractivity contribution is 0.188. The third-order valence-corrected chi connectivity index (χ3v) is 2.34. The lowest BCUT2D eigenvalue weighted by atomic mass is 10.1. The van der Waals surface area contributed by atoms with Gasteiger partial charge in [0.05, 0.1) is 12.1 Å². The number of alkyl halides is 1. The predicted molar refractivity (Wildman–Crippen MR) is 61.5 cm³/mol. The number of aromatic nitrogens is 1. The number of benzene rings is 1. The molecule has 0 saturated carbocycles. The van der Waals surface area contributed by atoms with E-state index in [1.165, 1.54) is 0 Å². The molecular weight excluding hydrogens is 191 g/mol. The summed E-state index contributed by atoms with van der Waals surface area (Å²) in [5.41, 5.74) is 6.19. The largest absolute Gasteiger partial charge is 0.399 e. The molecule has 0 saturated heterocycles. The summed E-state index contributed by atoms with van der Waals surface area (Å²) in [6.07, 6.45) is 1.89. The molecule has 2 rings (SSSR count). The molecule has 2 nitrogen and oxygen atoms in total. The van der Waals surface area contributed by atoms with E-state index in [4.69, 9.17) is 5.73 Å². The maximum atomic E-state index is 13.5. The van der Waals surface area contributed by atoms with Crippen LogP contribution in [0.1, 0.15) is 13.8 Å². The fourth-order valence-electron chi connectivity index (χ4n) is 1.74. The highest BCUT2D eigenvalue weighted by atomic mass is 19.1. The van der Waals surface area contributed by atoms with Crippen molar-refractivity contribution in [3.05, 3.63) is 30.5 Å². The van der Waals surface area contributed by atoms with Crippen molar-refractivity contribution < 1.29 is 4.39 Å². The first kappa shape index (κ1) is 10.0. The van der Waals surface area contributed by atoms with Gasteiger partial charge in [-0.05, 0) is 37.4 Å². The van der Waals surface area contributed by atoms with E-state index in [0.717, 1.165) is 10.9 Å². The first-order valence-corrected chi connectivity index (χ1v) is 4.99. The highest BCUT2D eigenvalue weighted by Gasteiger charge is 2.17. The molecular formula is C12H15FN2. The quantitative estimate of drug-likeness (QED) is 0.752. The number of rotatable bonds is 2. The zero-order valence-electron chi connectivity index (χ0n) is 9.00. The molecule has 0 aliphatic rings. The van der Waals surface area contributed by atoms with Crippen LogP contribution in [0.2, 0.25) is 0 Å². The van der Waals surface area contributed by atoms with E-state index in [1.54, 1.807) is 13.8 Å². The molecule has 15 heavy (non-hydrogen) atoms. The molecule has 80 valence electrons. The van der Waals surface area contributed by atoms with Crippen LogP contribution in [0.3, 0.4) is 0 Å². The predicted octanol–water partition coefficient (Wildman–Crippen LogP) is 2.97. The van der Waals surface area contributed by atoms with Gasteiger partial charge in [-0.3, -0.25) is 0 Å². The van der Waals surface area contributed by atoms with Gasteiger partial charge in [-0.15, -0.1) is 0 Å². The van der Waals surface area contributed by atoms with E-state index in [9.17, 15) is 4.39 Å². The standard InChI is InChI=1S/C12H15FN2/c1-12(2,13)8-15-6-5-9-3-4-10(14)7-11(9)15/h3-7H,8,14H2,1-2H3. The van der Waals surface area contributed by atoms with Gasteiger partial charge in [-0.1, -0.05) is 6.07 Å². The van der Waals surface area contributed by atoms with E-state index in [-0.39, 0.29) is 0 Å². The summed E-state index contributed by atoms with van der Waals surface area (Å²) < 4.78 is 15.4. The first-order valence-electron chi connectivity index (χ1n) is 4.99. The molecule has 1 heterocycles. The summed E-state index contributed by atoms with van der Waals surface area (Å²) in [4.78, 5) is 0. The van der Waals surface area contributed by atoms with Crippen LogP contribution in [0, 0.1) is 0 Å². The molecule has 2 aromatic rings. The summed E-state index contributed by atoms with van der Waals surface area (Å²) in [5, 5.41) is 1.09. The lowest BCUT2D eigenvalue weighted by Crippen LogP contribution is -2.20. The fourth-order valence-corrected chi connectivity index (χ4v) is 1.74. The number of anilines is 1. The van der Waals surface area contributed by atoms with Crippen molar-refractivity contribution in [3.8, 4) is 0 Å². The molecule has 0 atom stereocenters. The van der Waals surface area contributed by atoms with Crippen LogP contribution in [-0.2, 0) is 6.54 Å². The second-order valence-electron chi connectivity index (χ2n) is 4.48. The van der Waals surface area contributed by atoms with Gasteiger partial charge < -0.3 is 10.3 Å². The van der Waals surface area contributed by atoms with Crippen LogP contribution >= 0.6 is 0 Å². The molecule has 0 radical (unpaired) electrons. The highest BCUT2D eigenvalue weighted by molar-refractivity contribution is 5.83. The van der Waals surface area contributed by atoms with E-state index in [1.807, 2.05) is 35.0 Å². The zero-order chi connectivity index (χ0) is 11.1. The van der Waals surface area contributed by atoms with Crippen molar-refractivity contribution in [2.45, 2.75) is 26.1 Å². The summed E-state index contributed by atoms with van der Waals surface area (Å²) in [7, 11) is 0. The van der Waals surface area contributed by atoms with Gasteiger partial charge in [0.25, 0.3) is 0 Å². The Bertz CT molecular complexity index is 480. The van der Waals surface area contributed by atoms with Crippen LogP contribution in [0.15, 0.2) is 30.5 Å². The molecule has 0 bridgehead atoms. The Labute approximate surface area is 88.5 Å². The van der Waals surface area contributed by atoms with Crippen LogP contribution in [0.5, 0.6) is 0 Å². The third kappa shape index (κ3) is 2.12. The molecule has 0 fully saturated rings. The second-order valence-corrected chi connectivity index (χ2v) is 4.48. The summed E-state index contributed by atoms with van der Waals surface area (Å²) in [5.74, 6) is 0. The maximum absolute atomic E-state index is 13.5. The van der Waals surface area contributed by atoms with Gasteiger partial charge in [0.15, 0.2) is 0 Å². The van der Waals surface area contributed by atoms with Crippen molar-refractivity contribution >= 4 is 16.6 Å². The minimum Gasteiger partial charge on any atom is -0.399 e. The molecule has 0 unspecified atom stereocenters. The minimum atomic E-state index is -1.21. The summed E-state index contributed by atoms with van der Waals surface area (Å²) in [6.45, 7) is 3.50. The zero-order valence-corrected chi connectivity index (χ0v) is 9.00. The monoisotopic (exact) mass is 206 g/mol. The van der Waals surface area contributed by atoms with E-state index >= 15 is 0 Å². The number of hydrogen-bond donors (Lipinski definition) is 1. The Kier molecular flexibility index (Phi) is 2.18.